The van der Waals surface area contributed by atoms with E-state index in [1.54, 1.807) is 27.7 Å². The quantitative estimate of drug-likeness (QED) is 0.523. The van der Waals surface area contributed by atoms with E-state index in [2.05, 4.69) is 15.5 Å². The Morgan fingerprint density at radius 1 is 1.21 bits per heavy atom. The Labute approximate surface area is 168 Å². The lowest BCUT2D eigenvalue weighted by Gasteiger charge is -2.22. The number of esters is 1. The molecule has 1 aromatic carbocycles. The number of carbonyl (C=O) groups is 2. The number of nitrogens with one attached hydrogen (secondary N) is 1. The summed E-state index contributed by atoms with van der Waals surface area (Å²) in [5.41, 5.74) is 0.360. The number of alkyl carbamates (subject to hydrolysis) is 1. The minimum Gasteiger partial charge on any atom is -0.465 e. The van der Waals surface area contributed by atoms with Crippen molar-refractivity contribution >= 4 is 23.8 Å². The highest BCUT2D eigenvalue weighted by Crippen LogP contribution is 2.23. The zero-order valence-corrected chi connectivity index (χ0v) is 17.2. The molecule has 9 heteroatoms. The molecule has 2 rings (SSSR count). The Hall–Kier alpha value is -2.55. The maximum Gasteiger partial charge on any atom is 0.408 e. The summed E-state index contributed by atoms with van der Waals surface area (Å²) in [6.07, 6.45) is -0.128. The van der Waals surface area contributed by atoms with Gasteiger partial charge in [-0.05, 0) is 33.3 Å². The molecule has 1 amide bonds. The van der Waals surface area contributed by atoms with E-state index in [0.29, 0.717) is 13.0 Å². The molecule has 1 atom stereocenters. The second-order valence-corrected chi connectivity index (χ2v) is 7.82. The van der Waals surface area contributed by atoms with Crippen LogP contribution in [0.4, 0.5) is 4.79 Å². The molecule has 0 radical (unpaired) electrons. The van der Waals surface area contributed by atoms with Crippen LogP contribution in [-0.2, 0) is 20.7 Å². The third-order valence-corrected chi connectivity index (χ3v) is 4.10. The van der Waals surface area contributed by atoms with Gasteiger partial charge in [-0.15, -0.1) is 10.2 Å². The van der Waals surface area contributed by atoms with Gasteiger partial charge in [-0.25, -0.2) is 4.79 Å². The molecule has 0 saturated carbocycles. The molecule has 1 N–H and O–H groups in total. The maximum absolute atomic E-state index is 12.2. The number of hydrogen-bond acceptors (Lipinski definition) is 8. The molecule has 0 aliphatic heterocycles. The molecule has 0 aliphatic carbocycles. The van der Waals surface area contributed by atoms with Crippen molar-refractivity contribution in [2.75, 3.05) is 12.4 Å². The van der Waals surface area contributed by atoms with Crippen molar-refractivity contribution in [3.05, 3.63) is 41.8 Å². The lowest BCUT2D eigenvalue weighted by Crippen LogP contribution is -2.36. The minimum absolute atomic E-state index is 0.0678. The SMILES string of the molecule is CCOC(=O)CSc1nnc([C@@H](Cc2ccccc2)NC(=O)OC(C)(C)C)o1. The zero-order chi connectivity index (χ0) is 20.6. The van der Waals surface area contributed by atoms with Gasteiger partial charge in [-0.3, -0.25) is 4.79 Å². The van der Waals surface area contributed by atoms with Gasteiger partial charge in [0.1, 0.15) is 17.4 Å². The van der Waals surface area contributed by atoms with Gasteiger partial charge in [0.2, 0.25) is 5.89 Å². The predicted molar refractivity (Wildman–Crippen MR) is 104 cm³/mol. The highest BCUT2D eigenvalue weighted by molar-refractivity contribution is 7.99. The van der Waals surface area contributed by atoms with Crippen LogP contribution in [0, 0.1) is 0 Å². The zero-order valence-electron chi connectivity index (χ0n) is 16.4. The molecule has 2 aromatic rings. The number of hydrogen-bond donors (Lipinski definition) is 1. The molecular formula is C19H25N3O5S. The Morgan fingerprint density at radius 3 is 2.57 bits per heavy atom. The maximum atomic E-state index is 12.2. The van der Waals surface area contributed by atoms with Crippen molar-refractivity contribution in [2.45, 2.75) is 51.0 Å². The standard InChI is InChI=1S/C19H25N3O5S/c1-5-25-15(23)12-28-18-22-21-16(26-18)14(11-13-9-7-6-8-10-13)20-17(24)27-19(2,3)4/h6-10,14H,5,11-12H2,1-4H3,(H,20,24)/t14-/m1/s1. The molecular weight excluding hydrogens is 382 g/mol. The molecule has 0 bridgehead atoms. The van der Waals surface area contributed by atoms with E-state index in [1.165, 1.54) is 0 Å². The summed E-state index contributed by atoms with van der Waals surface area (Å²) in [5, 5.41) is 11.0. The number of carbonyl (C=O) groups excluding carboxylic acids is 2. The summed E-state index contributed by atoms with van der Waals surface area (Å²) in [6.45, 7) is 7.41. The van der Waals surface area contributed by atoms with E-state index in [4.69, 9.17) is 13.9 Å². The number of ether oxygens (including phenoxy) is 2. The molecule has 0 saturated heterocycles. The van der Waals surface area contributed by atoms with Gasteiger partial charge in [0, 0.05) is 6.42 Å². The van der Waals surface area contributed by atoms with E-state index >= 15 is 0 Å². The second-order valence-electron chi connectivity index (χ2n) is 6.89. The Bertz CT molecular complexity index is 773. The molecule has 1 heterocycles. The number of rotatable bonds is 8. The topological polar surface area (TPSA) is 104 Å². The monoisotopic (exact) mass is 407 g/mol. The van der Waals surface area contributed by atoms with Gasteiger partial charge in [-0.2, -0.15) is 0 Å². The Balaban J connectivity index is 2.10. The smallest absolute Gasteiger partial charge is 0.408 e. The lowest BCUT2D eigenvalue weighted by atomic mass is 10.1. The van der Waals surface area contributed by atoms with E-state index in [-0.39, 0.29) is 22.8 Å². The van der Waals surface area contributed by atoms with Gasteiger partial charge in [-0.1, -0.05) is 42.1 Å². The van der Waals surface area contributed by atoms with Gasteiger partial charge in [0.25, 0.3) is 5.22 Å². The highest BCUT2D eigenvalue weighted by Gasteiger charge is 2.25. The van der Waals surface area contributed by atoms with E-state index < -0.39 is 17.7 Å². The number of benzene rings is 1. The normalized spacial score (nSPS) is 12.3. The molecule has 0 unspecified atom stereocenters. The van der Waals surface area contributed by atoms with Crippen molar-refractivity contribution < 1.29 is 23.5 Å². The summed E-state index contributed by atoms with van der Waals surface area (Å²) >= 11 is 1.08. The molecule has 1 aromatic heterocycles. The first kappa shape index (κ1) is 21.7. The van der Waals surface area contributed by atoms with Crippen LogP contribution in [0.3, 0.4) is 0 Å². The number of nitrogens with zero attached hydrogens (tertiary/aromatic N) is 2. The predicted octanol–water partition coefficient (Wildman–Crippen LogP) is 3.53. The number of amides is 1. The van der Waals surface area contributed by atoms with Crippen LogP contribution in [-0.4, -0.2) is 40.2 Å². The van der Waals surface area contributed by atoms with Crippen LogP contribution in [0.25, 0.3) is 0 Å². The largest absolute Gasteiger partial charge is 0.465 e. The lowest BCUT2D eigenvalue weighted by molar-refractivity contribution is -0.139. The Morgan fingerprint density at radius 2 is 1.93 bits per heavy atom. The minimum atomic E-state index is -0.628. The van der Waals surface area contributed by atoms with Gasteiger partial charge < -0.3 is 19.2 Å². The van der Waals surface area contributed by atoms with Crippen LogP contribution in [0.2, 0.25) is 0 Å². The number of aromatic nitrogens is 2. The number of thioether (sulfide) groups is 1. The van der Waals surface area contributed by atoms with Gasteiger partial charge >= 0.3 is 12.1 Å². The fraction of sp³-hybridized carbons (Fsp3) is 0.474. The van der Waals surface area contributed by atoms with Crippen molar-refractivity contribution in [3.8, 4) is 0 Å². The first-order valence-corrected chi connectivity index (χ1v) is 9.90. The van der Waals surface area contributed by atoms with Crippen LogP contribution in [0.5, 0.6) is 0 Å². The van der Waals surface area contributed by atoms with Crippen LogP contribution >= 0.6 is 11.8 Å². The molecule has 152 valence electrons. The molecule has 0 aliphatic rings. The first-order chi connectivity index (χ1) is 13.3. The molecule has 0 fully saturated rings. The van der Waals surface area contributed by atoms with E-state index in [1.807, 2.05) is 30.3 Å². The third kappa shape index (κ3) is 7.59. The summed E-state index contributed by atoms with van der Waals surface area (Å²) < 4.78 is 15.8. The fourth-order valence-electron chi connectivity index (χ4n) is 2.24. The summed E-state index contributed by atoms with van der Waals surface area (Å²) in [6, 6.07) is 9.05. The molecule has 0 spiro atoms. The highest BCUT2D eigenvalue weighted by atomic mass is 32.2. The second kappa shape index (κ2) is 10.1. The van der Waals surface area contributed by atoms with Crippen molar-refractivity contribution in [1.29, 1.82) is 0 Å². The summed E-state index contributed by atoms with van der Waals surface area (Å²) in [7, 11) is 0. The fourth-order valence-corrected chi connectivity index (χ4v) is 2.81. The van der Waals surface area contributed by atoms with E-state index in [9.17, 15) is 9.59 Å². The first-order valence-electron chi connectivity index (χ1n) is 8.92. The molecule has 28 heavy (non-hydrogen) atoms. The Kier molecular flexibility index (Phi) is 7.86. The van der Waals surface area contributed by atoms with Gasteiger partial charge in [0.15, 0.2) is 0 Å². The van der Waals surface area contributed by atoms with Gasteiger partial charge in [0.05, 0.1) is 6.61 Å². The average Bonchev–Trinajstić information content (AvgIpc) is 3.08. The van der Waals surface area contributed by atoms with Crippen LogP contribution in [0.1, 0.15) is 45.2 Å². The van der Waals surface area contributed by atoms with Crippen molar-refractivity contribution in [2.24, 2.45) is 0 Å². The van der Waals surface area contributed by atoms with Crippen molar-refractivity contribution in [1.82, 2.24) is 15.5 Å². The summed E-state index contributed by atoms with van der Waals surface area (Å²) in [5.74, 6) is -0.0563. The average molecular weight is 407 g/mol. The molecule has 8 nitrogen and oxygen atoms in total. The van der Waals surface area contributed by atoms with E-state index in [0.717, 1.165) is 17.3 Å². The van der Waals surface area contributed by atoms with Crippen molar-refractivity contribution in [3.63, 3.8) is 0 Å². The van der Waals surface area contributed by atoms with Crippen LogP contribution in [0.15, 0.2) is 40.0 Å². The summed E-state index contributed by atoms with van der Waals surface area (Å²) in [4.78, 5) is 23.7. The van der Waals surface area contributed by atoms with Crippen LogP contribution < -0.4 is 5.32 Å². The third-order valence-electron chi connectivity index (χ3n) is 3.31.